The minimum absolute atomic E-state index is 0.141. The number of carbonyl (C=O) groups is 1. The van der Waals surface area contributed by atoms with Crippen molar-refractivity contribution in [2.24, 2.45) is 0 Å². The number of amides is 1. The van der Waals surface area contributed by atoms with Crippen molar-refractivity contribution >= 4 is 39.1 Å². The Morgan fingerprint density at radius 1 is 1.21 bits per heavy atom. The summed E-state index contributed by atoms with van der Waals surface area (Å²) in [5.74, 6) is -0.387. The van der Waals surface area contributed by atoms with Crippen LogP contribution in [0, 0.1) is 0 Å². The van der Waals surface area contributed by atoms with Crippen LogP contribution in [0.15, 0.2) is 46.7 Å². The number of hydrogen-bond acceptors (Lipinski definition) is 6. The molecule has 1 N–H and O–H groups in total. The number of nitrogens with zero attached hydrogens (tertiary/aromatic N) is 2. The molecule has 0 spiro atoms. The maximum atomic E-state index is 12.9. The Balaban J connectivity index is 1.52. The van der Waals surface area contributed by atoms with Gasteiger partial charge < -0.3 is 10.1 Å². The van der Waals surface area contributed by atoms with E-state index in [9.17, 15) is 9.59 Å². The smallest absolute Gasteiger partial charge is 0.256 e. The van der Waals surface area contributed by atoms with E-state index in [1.165, 1.54) is 11.3 Å². The number of carbonyl (C=O) groups excluding carboxylic acids is 1. The fourth-order valence-electron chi connectivity index (χ4n) is 3.21. The van der Waals surface area contributed by atoms with Crippen LogP contribution in [-0.4, -0.2) is 42.1 Å². The van der Waals surface area contributed by atoms with Gasteiger partial charge >= 0.3 is 0 Å². The van der Waals surface area contributed by atoms with Crippen LogP contribution in [-0.2, 0) is 17.8 Å². The third kappa shape index (κ3) is 4.82. The largest absolute Gasteiger partial charge is 0.379 e. The summed E-state index contributed by atoms with van der Waals surface area (Å²) >= 11 is 7.18. The second kappa shape index (κ2) is 9.00. The molecule has 8 heteroatoms. The molecule has 29 heavy (non-hydrogen) atoms. The lowest BCUT2D eigenvalue weighted by molar-refractivity contribution is 0.0341. The van der Waals surface area contributed by atoms with Crippen molar-refractivity contribution in [2.45, 2.75) is 13.1 Å². The predicted octanol–water partition coefficient (Wildman–Crippen LogP) is 3.07. The van der Waals surface area contributed by atoms with Gasteiger partial charge in [0, 0.05) is 42.8 Å². The van der Waals surface area contributed by atoms with Crippen molar-refractivity contribution in [3.63, 3.8) is 0 Å². The quantitative estimate of drug-likeness (QED) is 0.674. The zero-order valence-corrected chi connectivity index (χ0v) is 17.3. The summed E-state index contributed by atoms with van der Waals surface area (Å²) in [5, 5.41) is 5.51. The Hall–Kier alpha value is -2.32. The summed E-state index contributed by atoms with van der Waals surface area (Å²) in [6, 6.07) is 9.06. The van der Waals surface area contributed by atoms with Crippen LogP contribution in [0.1, 0.15) is 21.5 Å². The molecule has 0 aliphatic carbocycles. The van der Waals surface area contributed by atoms with E-state index in [-0.39, 0.29) is 16.9 Å². The van der Waals surface area contributed by atoms with Crippen LogP contribution in [0.4, 0.5) is 0 Å². The van der Waals surface area contributed by atoms with Crippen LogP contribution < -0.4 is 10.7 Å². The molecule has 1 aliphatic rings. The van der Waals surface area contributed by atoms with E-state index in [4.69, 9.17) is 16.3 Å². The third-order valence-electron chi connectivity index (χ3n) is 4.81. The molecule has 0 saturated carbocycles. The fourth-order valence-corrected chi connectivity index (χ4v) is 4.17. The van der Waals surface area contributed by atoms with Gasteiger partial charge in [-0.2, -0.15) is 0 Å². The van der Waals surface area contributed by atoms with Gasteiger partial charge in [0.05, 0.1) is 24.2 Å². The van der Waals surface area contributed by atoms with E-state index in [0.717, 1.165) is 24.2 Å². The van der Waals surface area contributed by atoms with Crippen LogP contribution >= 0.6 is 22.9 Å². The first kappa shape index (κ1) is 20.0. The molecule has 150 valence electrons. The van der Waals surface area contributed by atoms with Gasteiger partial charge in [-0.15, -0.1) is 11.3 Å². The molecule has 1 amide bonds. The standard InChI is InChI=1S/C21H20ClN3O3S/c22-16-3-1-14(2-4-16)10-23-20(27)18-13-29-21-17(19(18)26)9-15(11-24-21)12-25-5-7-28-8-6-25/h1-4,9,11,13H,5-8,10,12H2,(H,23,27). The molecule has 3 heterocycles. The zero-order chi connectivity index (χ0) is 20.2. The second-order valence-corrected chi connectivity index (χ2v) is 8.17. The van der Waals surface area contributed by atoms with Crippen molar-refractivity contribution in [3.05, 3.63) is 73.8 Å². The van der Waals surface area contributed by atoms with Gasteiger partial charge in [-0.25, -0.2) is 4.98 Å². The highest BCUT2D eigenvalue weighted by atomic mass is 35.5. The number of rotatable bonds is 5. The van der Waals surface area contributed by atoms with Crippen LogP contribution in [0.3, 0.4) is 0 Å². The lowest BCUT2D eigenvalue weighted by Gasteiger charge is -2.26. The summed E-state index contributed by atoms with van der Waals surface area (Å²) in [7, 11) is 0. The minimum Gasteiger partial charge on any atom is -0.379 e. The number of hydrogen-bond donors (Lipinski definition) is 1. The number of nitrogens with one attached hydrogen (secondary N) is 1. The van der Waals surface area contributed by atoms with E-state index in [1.54, 1.807) is 23.7 Å². The highest BCUT2D eigenvalue weighted by Gasteiger charge is 2.16. The molecule has 2 aromatic heterocycles. The number of ether oxygens (including phenoxy) is 1. The van der Waals surface area contributed by atoms with E-state index in [0.29, 0.717) is 41.5 Å². The molecule has 0 bridgehead atoms. The molecule has 0 unspecified atom stereocenters. The summed E-state index contributed by atoms with van der Waals surface area (Å²) in [6.45, 7) is 4.19. The topological polar surface area (TPSA) is 71.5 Å². The lowest BCUT2D eigenvalue weighted by atomic mass is 10.1. The maximum absolute atomic E-state index is 12.9. The first-order chi connectivity index (χ1) is 14.1. The molecule has 0 atom stereocenters. The predicted molar refractivity (Wildman–Crippen MR) is 115 cm³/mol. The molecule has 4 rings (SSSR count). The van der Waals surface area contributed by atoms with Gasteiger partial charge in [0.15, 0.2) is 0 Å². The average molecular weight is 430 g/mol. The fraction of sp³-hybridized carbons (Fsp3) is 0.286. The molecule has 1 fully saturated rings. The van der Waals surface area contributed by atoms with E-state index >= 15 is 0 Å². The molecule has 6 nitrogen and oxygen atoms in total. The minimum atomic E-state index is -0.387. The molecule has 1 saturated heterocycles. The van der Waals surface area contributed by atoms with E-state index < -0.39 is 0 Å². The normalized spacial score (nSPS) is 14.8. The summed E-state index contributed by atoms with van der Waals surface area (Å²) < 4.78 is 5.37. The Morgan fingerprint density at radius 2 is 1.97 bits per heavy atom. The van der Waals surface area contributed by atoms with Gasteiger partial charge in [0.25, 0.3) is 5.91 Å². The van der Waals surface area contributed by atoms with Gasteiger partial charge in [-0.05, 0) is 29.3 Å². The SMILES string of the molecule is O=C(NCc1ccc(Cl)cc1)c1csc2ncc(CN3CCOCC3)cc2c1=O. The number of benzene rings is 1. The van der Waals surface area contributed by atoms with Crippen LogP contribution in [0.5, 0.6) is 0 Å². The highest BCUT2D eigenvalue weighted by molar-refractivity contribution is 7.16. The van der Waals surface area contributed by atoms with Gasteiger partial charge in [0.1, 0.15) is 4.83 Å². The summed E-state index contributed by atoms with van der Waals surface area (Å²) in [6.07, 6.45) is 1.80. The van der Waals surface area contributed by atoms with Gasteiger partial charge in [-0.1, -0.05) is 23.7 Å². The first-order valence-corrected chi connectivity index (χ1v) is 10.6. The van der Waals surface area contributed by atoms with Crippen molar-refractivity contribution in [1.82, 2.24) is 15.2 Å². The van der Waals surface area contributed by atoms with Gasteiger partial charge in [0.2, 0.25) is 5.43 Å². The Labute approximate surface area is 177 Å². The number of halogens is 1. The van der Waals surface area contributed by atoms with E-state index in [1.807, 2.05) is 18.2 Å². The molecular weight excluding hydrogens is 410 g/mol. The molecule has 1 aliphatic heterocycles. The molecular formula is C21H20ClN3O3S. The number of pyridine rings is 1. The Kier molecular flexibility index (Phi) is 6.20. The lowest BCUT2D eigenvalue weighted by Crippen LogP contribution is -2.35. The van der Waals surface area contributed by atoms with Crippen molar-refractivity contribution < 1.29 is 9.53 Å². The Morgan fingerprint density at radius 3 is 2.72 bits per heavy atom. The van der Waals surface area contributed by atoms with Crippen LogP contribution in [0.25, 0.3) is 10.2 Å². The highest BCUT2D eigenvalue weighted by Crippen LogP contribution is 2.17. The zero-order valence-electron chi connectivity index (χ0n) is 15.7. The number of morpholine rings is 1. The van der Waals surface area contributed by atoms with E-state index in [2.05, 4.69) is 15.2 Å². The third-order valence-corrected chi connectivity index (χ3v) is 5.96. The van der Waals surface area contributed by atoms with Gasteiger partial charge in [-0.3, -0.25) is 14.5 Å². The molecule has 3 aromatic rings. The monoisotopic (exact) mass is 429 g/mol. The number of fused-ring (bicyclic) bond motifs is 1. The Bertz CT molecular complexity index is 1080. The van der Waals surface area contributed by atoms with Crippen molar-refractivity contribution in [2.75, 3.05) is 26.3 Å². The van der Waals surface area contributed by atoms with Crippen molar-refractivity contribution in [3.8, 4) is 0 Å². The number of aromatic nitrogens is 1. The van der Waals surface area contributed by atoms with Crippen molar-refractivity contribution in [1.29, 1.82) is 0 Å². The maximum Gasteiger partial charge on any atom is 0.256 e. The first-order valence-electron chi connectivity index (χ1n) is 9.33. The molecule has 0 radical (unpaired) electrons. The summed E-state index contributed by atoms with van der Waals surface area (Å²) in [4.78, 5) is 32.8. The summed E-state index contributed by atoms with van der Waals surface area (Å²) in [5.41, 5.74) is 1.72. The van der Waals surface area contributed by atoms with Crippen LogP contribution in [0.2, 0.25) is 5.02 Å². The average Bonchev–Trinajstić information content (AvgIpc) is 2.74. The molecule has 1 aromatic carbocycles. The second-order valence-electron chi connectivity index (χ2n) is 6.87.